The van der Waals surface area contributed by atoms with Gasteiger partial charge in [-0.05, 0) is 49.2 Å². The highest BCUT2D eigenvalue weighted by Gasteiger charge is 2.22. The standard InChI is InChI=1S/C15H21N3OS.ClH/c1-11(12-4-2-6-16-10-12)8-15-17-14(18-19-15)9-13-5-3-7-20-13;/h3,5,7,11-12,16H,2,4,6,8-10H2,1H3;1H. The minimum atomic E-state index is 0. The number of hydrogen-bond donors (Lipinski definition) is 1. The van der Waals surface area contributed by atoms with Gasteiger partial charge in [-0.25, -0.2) is 0 Å². The van der Waals surface area contributed by atoms with E-state index in [4.69, 9.17) is 4.52 Å². The summed E-state index contributed by atoms with van der Waals surface area (Å²) in [4.78, 5) is 5.81. The quantitative estimate of drug-likeness (QED) is 0.915. The van der Waals surface area contributed by atoms with E-state index in [0.717, 1.165) is 43.6 Å². The van der Waals surface area contributed by atoms with Crippen molar-refractivity contribution in [2.45, 2.75) is 32.6 Å². The van der Waals surface area contributed by atoms with Gasteiger partial charge < -0.3 is 9.84 Å². The van der Waals surface area contributed by atoms with Gasteiger partial charge in [0.25, 0.3) is 0 Å². The molecule has 1 aliphatic heterocycles. The summed E-state index contributed by atoms with van der Waals surface area (Å²) in [6.45, 7) is 4.58. The zero-order chi connectivity index (χ0) is 13.8. The van der Waals surface area contributed by atoms with E-state index in [9.17, 15) is 0 Å². The first-order chi connectivity index (χ1) is 9.81. The number of aromatic nitrogens is 2. The van der Waals surface area contributed by atoms with Crippen LogP contribution in [0.4, 0.5) is 0 Å². The third-order valence-corrected chi connectivity index (χ3v) is 4.94. The Balaban J connectivity index is 0.00000161. The van der Waals surface area contributed by atoms with Crippen molar-refractivity contribution in [2.75, 3.05) is 13.1 Å². The summed E-state index contributed by atoms with van der Waals surface area (Å²) in [7, 11) is 0. The van der Waals surface area contributed by atoms with Crippen LogP contribution in [0.2, 0.25) is 0 Å². The van der Waals surface area contributed by atoms with Crippen LogP contribution in [-0.2, 0) is 12.8 Å². The summed E-state index contributed by atoms with van der Waals surface area (Å²) in [5, 5.41) is 9.64. The molecule has 3 heterocycles. The van der Waals surface area contributed by atoms with Gasteiger partial charge in [0, 0.05) is 17.7 Å². The molecular formula is C15H22ClN3OS. The van der Waals surface area contributed by atoms with Crippen molar-refractivity contribution < 1.29 is 4.52 Å². The molecule has 0 saturated carbocycles. The van der Waals surface area contributed by atoms with Crippen LogP contribution in [0.5, 0.6) is 0 Å². The monoisotopic (exact) mass is 327 g/mol. The Bertz CT molecular complexity index is 523. The summed E-state index contributed by atoms with van der Waals surface area (Å²) in [5.74, 6) is 2.92. The number of nitrogens with one attached hydrogen (secondary N) is 1. The number of thiophene rings is 1. The lowest BCUT2D eigenvalue weighted by molar-refractivity contribution is 0.256. The van der Waals surface area contributed by atoms with Gasteiger partial charge in [0.1, 0.15) is 0 Å². The van der Waals surface area contributed by atoms with E-state index >= 15 is 0 Å². The Kier molecular flexibility index (Phi) is 6.21. The van der Waals surface area contributed by atoms with Gasteiger partial charge in [-0.2, -0.15) is 4.98 Å². The first kappa shape index (κ1) is 16.5. The van der Waals surface area contributed by atoms with Gasteiger partial charge in [0.2, 0.25) is 5.89 Å². The fourth-order valence-electron chi connectivity index (χ4n) is 2.82. The molecule has 4 nitrogen and oxygen atoms in total. The number of rotatable bonds is 5. The first-order valence-corrected chi connectivity index (χ1v) is 8.24. The average molecular weight is 328 g/mol. The highest BCUT2D eigenvalue weighted by molar-refractivity contribution is 7.09. The number of nitrogens with zero attached hydrogens (tertiary/aromatic N) is 2. The Hall–Kier alpha value is -0.910. The normalized spacial score (nSPS) is 20.0. The second-order valence-electron chi connectivity index (χ2n) is 5.65. The molecule has 2 aromatic heterocycles. The molecule has 0 aromatic carbocycles. The number of piperidine rings is 1. The van der Waals surface area contributed by atoms with E-state index < -0.39 is 0 Å². The van der Waals surface area contributed by atoms with Crippen LogP contribution < -0.4 is 5.32 Å². The SMILES string of the molecule is CC(Cc1nc(Cc2cccs2)no1)C1CCCNC1.Cl. The maximum atomic E-state index is 5.40. The molecular weight excluding hydrogens is 306 g/mol. The topological polar surface area (TPSA) is 51.0 Å². The lowest BCUT2D eigenvalue weighted by atomic mass is 9.85. The molecule has 116 valence electrons. The number of hydrogen-bond acceptors (Lipinski definition) is 5. The van der Waals surface area contributed by atoms with E-state index in [1.165, 1.54) is 17.7 Å². The van der Waals surface area contributed by atoms with Crippen LogP contribution in [-0.4, -0.2) is 23.2 Å². The summed E-state index contributed by atoms with van der Waals surface area (Å²) >= 11 is 1.73. The van der Waals surface area contributed by atoms with E-state index in [1.54, 1.807) is 11.3 Å². The highest BCUT2D eigenvalue weighted by atomic mass is 35.5. The predicted octanol–water partition coefficient (Wildman–Crippen LogP) is 3.32. The largest absolute Gasteiger partial charge is 0.339 e. The maximum Gasteiger partial charge on any atom is 0.226 e. The van der Waals surface area contributed by atoms with E-state index in [0.29, 0.717) is 5.92 Å². The molecule has 1 fully saturated rings. The molecule has 0 spiro atoms. The molecule has 1 saturated heterocycles. The minimum Gasteiger partial charge on any atom is -0.339 e. The van der Waals surface area contributed by atoms with Gasteiger partial charge in [0.15, 0.2) is 5.82 Å². The molecule has 0 aliphatic carbocycles. The summed E-state index contributed by atoms with van der Waals surface area (Å²) < 4.78 is 5.40. The molecule has 0 bridgehead atoms. The van der Waals surface area contributed by atoms with E-state index in [-0.39, 0.29) is 12.4 Å². The fraction of sp³-hybridized carbons (Fsp3) is 0.600. The van der Waals surface area contributed by atoms with Gasteiger partial charge in [-0.1, -0.05) is 18.1 Å². The highest BCUT2D eigenvalue weighted by Crippen LogP contribution is 2.23. The van der Waals surface area contributed by atoms with Gasteiger partial charge in [-0.3, -0.25) is 0 Å². The van der Waals surface area contributed by atoms with E-state index in [2.05, 4.69) is 39.9 Å². The van der Waals surface area contributed by atoms with Crippen molar-refractivity contribution in [3.8, 4) is 0 Å². The Morgan fingerprint density at radius 1 is 1.52 bits per heavy atom. The molecule has 21 heavy (non-hydrogen) atoms. The van der Waals surface area contributed by atoms with Crippen molar-refractivity contribution in [3.05, 3.63) is 34.1 Å². The van der Waals surface area contributed by atoms with Crippen molar-refractivity contribution in [3.63, 3.8) is 0 Å². The Morgan fingerprint density at radius 2 is 2.43 bits per heavy atom. The van der Waals surface area contributed by atoms with Gasteiger partial charge in [0.05, 0.1) is 0 Å². The number of halogens is 1. The first-order valence-electron chi connectivity index (χ1n) is 7.36. The van der Waals surface area contributed by atoms with E-state index in [1.807, 2.05) is 0 Å². The summed E-state index contributed by atoms with van der Waals surface area (Å²) in [6, 6.07) is 4.16. The molecule has 2 aromatic rings. The van der Waals surface area contributed by atoms with Crippen molar-refractivity contribution in [2.24, 2.45) is 11.8 Å². The fourth-order valence-corrected chi connectivity index (χ4v) is 3.52. The molecule has 1 N–H and O–H groups in total. The van der Waals surface area contributed by atoms with Gasteiger partial charge in [-0.15, -0.1) is 23.7 Å². The predicted molar refractivity (Wildman–Crippen MR) is 87.1 cm³/mol. The molecule has 1 aliphatic rings. The van der Waals surface area contributed by atoms with Crippen molar-refractivity contribution >= 4 is 23.7 Å². The molecule has 6 heteroatoms. The molecule has 2 atom stereocenters. The molecule has 0 amide bonds. The van der Waals surface area contributed by atoms with Crippen LogP contribution >= 0.6 is 23.7 Å². The smallest absolute Gasteiger partial charge is 0.226 e. The van der Waals surface area contributed by atoms with Crippen LogP contribution in [0.1, 0.15) is 36.4 Å². The Labute approximate surface area is 135 Å². The average Bonchev–Trinajstić information content (AvgIpc) is 3.12. The second-order valence-corrected chi connectivity index (χ2v) is 6.68. The van der Waals surface area contributed by atoms with Crippen LogP contribution in [0.15, 0.2) is 22.0 Å². The zero-order valence-corrected chi connectivity index (χ0v) is 13.9. The third kappa shape index (κ3) is 4.53. The van der Waals surface area contributed by atoms with Crippen LogP contribution in [0, 0.1) is 11.8 Å². The minimum absolute atomic E-state index is 0. The molecule has 3 rings (SSSR count). The lowest BCUT2D eigenvalue weighted by Crippen LogP contribution is -2.33. The molecule has 2 unspecified atom stereocenters. The lowest BCUT2D eigenvalue weighted by Gasteiger charge is -2.27. The zero-order valence-electron chi connectivity index (χ0n) is 12.2. The summed E-state index contributed by atoms with van der Waals surface area (Å²) in [6.07, 6.45) is 4.26. The van der Waals surface area contributed by atoms with Crippen molar-refractivity contribution in [1.82, 2.24) is 15.5 Å². The van der Waals surface area contributed by atoms with Crippen molar-refractivity contribution in [1.29, 1.82) is 0 Å². The van der Waals surface area contributed by atoms with Crippen LogP contribution in [0.25, 0.3) is 0 Å². The van der Waals surface area contributed by atoms with Crippen LogP contribution in [0.3, 0.4) is 0 Å². The molecule has 0 radical (unpaired) electrons. The second kappa shape index (κ2) is 7.92. The van der Waals surface area contributed by atoms with Gasteiger partial charge >= 0.3 is 0 Å². The maximum absolute atomic E-state index is 5.40. The third-order valence-electron chi connectivity index (χ3n) is 4.06. The Morgan fingerprint density at radius 3 is 3.14 bits per heavy atom. The summed E-state index contributed by atoms with van der Waals surface area (Å²) in [5.41, 5.74) is 0.